The zero-order chi connectivity index (χ0) is 18.4. The van der Waals surface area contributed by atoms with Crippen LogP contribution in [0.25, 0.3) is 0 Å². The van der Waals surface area contributed by atoms with Crippen molar-refractivity contribution in [2.75, 3.05) is 0 Å². The molecule has 0 aliphatic heterocycles. The van der Waals surface area contributed by atoms with Gasteiger partial charge in [0, 0.05) is 12.1 Å². The molecule has 1 aliphatic rings. The standard InChI is InChI=1S/C15H16N4O6/c16-9-14(25-15(20)17-10-4-2-1-3-5-10)12-7-6-11(18(21)22)8-13(12)19(23)24/h6-8,10,14H,1-5H2,(H,17,20). The summed E-state index contributed by atoms with van der Waals surface area (Å²) in [5, 5.41) is 33.7. The summed E-state index contributed by atoms with van der Waals surface area (Å²) in [6.45, 7) is 0. The van der Waals surface area contributed by atoms with E-state index in [1.165, 1.54) is 0 Å². The van der Waals surface area contributed by atoms with Gasteiger partial charge in [-0.15, -0.1) is 0 Å². The molecule has 2 rings (SSSR count). The molecule has 0 bridgehead atoms. The minimum absolute atomic E-state index is 0.0487. The first-order chi connectivity index (χ1) is 11.9. The number of rotatable bonds is 5. The van der Waals surface area contributed by atoms with E-state index >= 15 is 0 Å². The maximum Gasteiger partial charge on any atom is 0.409 e. The third-order valence-electron chi connectivity index (χ3n) is 3.97. The van der Waals surface area contributed by atoms with E-state index in [0.717, 1.165) is 50.3 Å². The molecule has 1 unspecified atom stereocenters. The largest absolute Gasteiger partial charge is 0.426 e. The van der Waals surface area contributed by atoms with Crippen molar-refractivity contribution < 1.29 is 19.4 Å². The molecular weight excluding hydrogens is 332 g/mol. The van der Waals surface area contributed by atoms with Gasteiger partial charge in [0.1, 0.15) is 6.07 Å². The van der Waals surface area contributed by atoms with E-state index in [2.05, 4.69) is 5.32 Å². The highest BCUT2D eigenvalue weighted by molar-refractivity contribution is 5.68. The zero-order valence-electron chi connectivity index (χ0n) is 13.2. The average molecular weight is 348 g/mol. The molecule has 132 valence electrons. The second-order valence-electron chi connectivity index (χ2n) is 5.65. The number of alkyl carbamates (subject to hydrolysis) is 1. The molecule has 1 fully saturated rings. The fourth-order valence-corrected chi connectivity index (χ4v) is 2.74. The summed E-state index contributed by atoms with van der Waals surface area (Å²) in [5.74, 6) is 0. The van der Waals surface area contributed by atoms with Crippen molar-refractivity contribution >= 4 is 17.5 Å². The van der Waals surface area contributed by atoms with Gasteiger partial charge in [0.25, 0.3) is 11.4 Å². The lowest BCUT2D eigenvalue weighted by Crippen LogP contribution is -2.37. The van der Waals surface area contributed by atoms with Crippen molar-refractivity contribution in [1.82, 2.24) is 5.32 Å². The quantitative estimate of drug-likeness (QED) is 0.634. The van der Waals surface area contributed by atoms with Gasteiger partial charge < -0.3 is 10.1 Å². The molecule has 25 heavy (non-hydrogen) atoms. The van der Waals surface area contributed by atoms with Crippen molar-refractivity contribution in [3.8, 4) is 6.07 Å². The van der Waals surface area contributed by atoms with Crippen LogP contribution in [0.15, 0.2) is 18.2 Å². The number of nitriles is 1. The number of hydrogen-bond acceptors (Lipinski definition) is 7. The number of non-ortho nitro benzene ring substituents is 1. The maximum absolute atomic E-state index is 11.9. The van der Waals surface area contributed by atoms with Crippen LogP contribution in [-0.2, 0) is 4.74 Å². The summed E-state index contributed by atoms with van der Waals surface area (Å²) >= 11 is 0. The Balaban J connectivity index is 2.16. The first kappa shape index (κ1) is 18.1. The second-order valence-corrected chi connectivity index (χ2v) is 5.65. The van der Waals surface area contributed by atoms with Crippen molar-refractivity contribution in [1.29, 1.82) is 5.26 Å². The normalized spacial score (nSPS) is 15.6. The van der Waals surface area contributed by atoms with Gasteiger partial charge in [-0.3, -0.25) is 20.2 Å². The third-order valence-corrected chi connectivity index (χ3v) is 3.97. The minimum atomic E-state index is -1.54. The summed E-state index contributed by atoms with van der Waals surface area (Å²) in [4.78, 5) is 32.2. The number of amides is 1. The van der Waals surface area contributed by atoms with Gasteiger partial charge in [-0.1, -0.05) is 19.3 Å². The molecule has 1 aliphatic carbocycles. The SMILES string of the molecule is N#CC(OC(=O)NC1CCCCC1)c1ccc([N+](=O)[O-])cc1[N+](=O)[O-]. The van der Waals surface area contributed by atoms with Crippen molar-refractivity contribution in [2.45, 2.75) is 44.2 Å². The molecule has 1 aromatic rings. The molecule has 10 nitrogen and oxygen atoms in total. The number of hydrogen-bond donors (Lipinski definition) is 1. The summed E-state index contributed by atoms with van der Waals surface area (Å²) < 4.78 is 4.99. The maximum atomic E-state index is 11.9. The summed E-state index contributed by atoms with van der Waals surface area (Å²) in [6.07, 6.45) is 2.31. The number of nitrogens with zero attached hydrogens (tertiary/aromatic N) is 3. The van der Waals surface area contributed by atoms with Crippen molar-refractivity contribution in [3.05, 3.63) is 44.0 Å². The molecule has 0 aromatic heterocycles. The molecule has 1 saturated carbocycles. The van der Waals surface area contributed by atoms with Crippen LogP contribution in [0.5, 0.6) is 0 Å². The number of nitrogens with one attached hydrogen (secondary N) is 1. The minimum Gasteiger partial charge on any atom is -0.426 e. The number of ether oxygens (including phenoxy) is 1. The van der Waals surface area contributed by atoms with E-state index in [4.69, 9.17) is 4.74 Å². The van der Waals surface area contributed by atoms with Crippen LogP contribution >= 0.6 is 0 Å². The first-order valence-electron chi connectivity index (χ1n) is 7.72. The summed E-state index contributed by atoms with van der Waals surface area (Å²) in [6, 6.07) is 4.44. The van der Waals surface area contributed by atoms with Crippen molar-refractivity contribution in [3.63, 3.8) is 0 Å². The predicted molar refractivity (Wildman–Crippen MR) is 84.6 cm³/mol. The van der Waals surface area contributed by atoms with Crippen LogP contribution in [0.2, 0.25) is 0 Å². The van der Waals surface area contributed by atoms with Crippen LogP contribution in [0, 0.1) is 31.6 Å². The molecule has 1 atom stereocenters. The molecule has 1 N–H and O–H groups in total. The molecule has 0 radical (unpaired) electrons. The molecule has 0 spiro atoms. The van der Waals surface area contributed by atoms with Crippen LogP contribution in [-0.4, -0.2) is 22.0 Å². The lowest BCUT2D eigenvalue weighted by atomic mass is 9.96. The van der Waals surface area contributed by atoms with Gasteiger partial charge in [-0.25, -0.2) is 4.79 Å². The Morgan fingerprint density at radius 1 is 1.24 bits per heavy atom. The van der Waals surface area contributed by atoms with E-state index in [1.807, 2.05) is 0 Å². The second kappa shape index (κ2) is 8.05. The smallest absolute Gasteiger partial charge is 0.409 e. The third kappa shape index (κ3) is 4.63. The van der Waals surface area contributed by atoms with Crippen LogP contribution in [0.1, 0.15) is 43.8 Å². The van der Waals surface area contributed by atoms with Gasteiger partial charge >= 0.3 is 6.09 Å². The van der Waals surface area contributed by atoms with E-state index in [1.54, 1.807) is 6.07 Å². The molecule has 0 heterocycles. The van der Waals surface area contributed by atoms with Crippen LogP contribution in [0.3, 0.4) is 0 Å². The predicted octanol–water partition coefficient (Wildman–Crippen LogP) is 3.13. The van der Waals surface area contributed by atoms with Gasteiger partial charge in [0.05, 0.1) is 21.5 Å². The molecule has 1 amide bonds. The highest BCUT2D eigenvalue weighted by Gasteiger charge is 2.28. The van der Waals surface area contributed by atoms with E-state index < -0.39 is 33.4 Å². The number of carbonyl (C=O) groups is 1. The number of benzene rings is 1. The molecule has 0 saturated heterocycles. The highest BCUT2D eigenvalue weighted by Crippen LogP contribution is 2.31. The van der Waals surface area contributed by atoms with Crippen molar-refractivity contribution in [2.24, 2.45) is 0 Å². The fraction of sp³-hybridized carbons (Fsp3) is 0.467. The Morgan fingerprint density at radius 3 is 2.48 bits per heavy atom. The van der Waals surface area contributed by atoms with E-state index in [0.29, 0.717) is 0 Å². The van der Waals surface area contributed by atoms with E-state index in [-0.39, 0.29) is 11.6 Å². The van der Waals surface area contributed by atoms with Gasteiger partial charge in [0.2, 0.25) is 6.10 Å². The first-order valence-corrected chi connectivity index (χ1v) is 7.72. The zero-order valence-corrected chi connectivity index (χ0v) is 13.2. The van der Waals surface area contributed by atoms with Gasteiger partial charge in [-0.05, 0) is 18.9 Å². The number of nitro benzene ring substituents is 2. The van der Waals surface area contributed by atoms with Gasteiger partial charge in [-0.2, -0.15) is 5.26 Å². The lowest BCUT2D eigenvalue weighted by molar-refractivity contribution is -0.394. The monoisotopic (exact) mass is 348 g/mol. The number of nitro groups is 2. The topological polar surface area (TPSA) is 148 Å². The molecule has 1 aromatic carbocycles. The molecular formula is C15H16N4O6. The average Bonchev–Trinajstić information content (AvgIpc) is 2.60. The Morgan fingerprint density at radius 2 is 1.92 bits per heavy atom. The van der Waals surface area contributed by atoms with E-state index in [9.17, 15) is 30.3 Å². The van der Waals surface area contributed by atoms with Crippen LogP contribution in [0.4, 0.5) is 16.2 Å². The molecule has 10 heteroatoms. The fourth-order valence-electron chi connectivity index (χ4n) is 2.74. The Hall–Kier alpha value is -3.22. The Kier molecular flexibility index (Phi) is 5.84. The van der Waals surface area contributed by atoms with Crippen LogP contribution < -0.4 is 5.32 Å². The summed E-state index contributed by atoms with van der Waals surface area (Å²) in [5.41, 5.74) is -1.35. The highest BCUT2D eigenvalue weighted by atomic mass is 16.6. The lowest BCUT2D eigenvalue weighted by Gasteiger charge is -2.23. The Labute approximate surface area is 142 Å². The van der Waals surface area contributed by atoms with Gasteiger partial charge in [0.15, 0.2) is 0 Å². The Bertz CT molecular complexity index is 723. The number of carbonyl (C=O) groups excluding carboxylic acids is 1. The summed E-state index contributed by atoms with van der Waals surface area (Å²) in [7, 11) is 0.